The van der Waals surface area contributed by atoms with Gasteiger partial charge in [-0.05, 0) is 41.1 Å². The van der Waals surface area contributed by atoms with Gasteiger partial charge in [-0.3, -0.25) is 14.6 Å². The fourth-order valence-corrected chi connectivity index (χ4v) is 2.83. The molecule has 1 aromatic carbocycles. The van der Waals surface area contributed by atoms with Gasteiger partial charge in [-0.15, -0.1) is 0 Å². The van der Waals surface area contributed by atoms with Gasteiger partial charge in [0, 0.05) is 27.8 Å². The number of amides is 1. The van der Waals surface area contributed by atoms with Crippen molar-refractivity contribution < 1.29 is 9.90 Å². The number of carbonyl (C=O) groups is 1. The van der Waals surface area contributed by atoms with Gasteiger partial charge in [0.05, 0.1) is 11.2 Å². The van der Waals surface area contributed by atoms with Gasteiger partial charge in [0.1, 0.15) is 12.3 Å². The summed E-state index contributed by atoms with van der Waals surface area (Å²) in [5, 5.41) is 13.1. The van der Waals surface area contributed by atoms with Gasteiger partial charge in [0.15, 0.2) is 0 Å². The van der Waals surface area contributed by atoms with Gasteiger partial charge < -0.3 is 15.0 Å². The minimum Gasteiger partial charge on any atom is -0.508 e. The molecule has 0 bridgehead atoms. The largest absolute Gasteiger partial charge is 0.508 e. The Hall–Kier alpha value is -2.67. The lowest BCUT2D eigenvalue weighted by atomic mass is 10.2. The number of halogens is 1. The third kappa shape index (κ3) is 3.30. The van der Waals surface area contributed by atoms with Crippen LogP contribution in [0.5, 0.6) is 5.75 Å². The summed E-state index contributed by atoms with van der Waals surface area (Å²) >= 11 is 3.37. The molecule has 3 rings (SSSR count). The Balaban J connectivity index is 1.87. The molecule has 24 heavy (non-hydrogen) atoms. The van der Waals surface area contributed by atoms with Gasteiger partial charge in [-0.25, -0.2) is 0 Å². The SMILES string of the molecule is Cc1cc(O)cc(=O)n1CC(=O)Nc1cccc2cc(Br)cnc12. The third-order valence-electron chi connectivity index (χ3n) is 3.57. The van der Waals surface area contributed by atoms with E-state index in [4.69, 9.17) is 0 Å². The number of rotatable bonds is 3. The van der Waals surface area contributed by atoms with Crippen LogP contribution in [-0.4, -0.2) is 20.6 Å². The van der Waals surface area contributed by atoms with Crippen molar-refractivity contribution in [3.63, 3.8) is 0 Å². The first-order valence-corrected chi connectivity index (χ1v) is 7.98. The molecule has 1 amide bonds. The molecule has 0 aliphatic heterocycles. The minimum absolute atomic E-state index is 0.113. The van der Waals surface area contributed by atoms with Crippen LogP contribution in [0.15, 0.2) is 51.9 Å². The number of hydrogen-bond acceptors (Lipinski definition) is 4. The van der Waals surface area contributed by atoms with E-state index in [9.17, 15) is 14.7 Å². The summed E-state index contributed by atoms with van der Waals surface area (Å²) in [6.45, 7) is 1.52. The predicted octanol–water partition coefficient (Wildman–Crippen LogP) is 2.81. The van der Waals surface area contributed by atoms with Gasteiger partial charge >= 0.3 is 0 Å². The summed E-state index contributed by atoms with van der Waals surface area (Å²) in [4.78, 5) is 28.5. The molecule has 2 N–H and O–H groups in total. The molecule has 0 aliphatic rings. The fraction of sp³-hybridized carbons (Fsp3) is 0.118. The van der Waals surface area contributed by atoms with Crippen LogP contribution in [0.1, 0.15) is 5.69 Å². The lowest BCUT2D eigenvalue weighted by Crippen LogP contribution is -2.28. The Bertz CT molecular complexity index is 998. The van der Waals surface area contributed by atoms with Gasteiger partial charge in [0.25, 0.3) is 5.56 Å². The molecule has 3 aromatic rings. The van der Waals surface area contributed by atoms with Crippen LogP contribution >= 0.6 is 15.9 Å². The first-order valence-electron chi connectivity index (χ1n) is 7.18. The predicted molar refractivity (Wildman–Crippen MR) is 95.2 cm³/mol. The molecule has 2 aromatic heterocycles. The molecule has 0 spiro atoms. The van der Waals surface area contributed by atoms with Crippen molar-refractivity contribution in [2.45, 2.75) is 13.5 Å². The van der Waals surface area contributed by atoms with E-state index in [2.05, 4.69) is 26.2 Å². The summed E-state index contributed by atoms with van der Waals surface area (Å²) in [5.41, 5.74) is 1.33. The lowest BCUT2D eigenvalue weighted by Gasteiger charge is -2.11. The quantitative estimate of drug-likeness (QED) is 0.723. The molecule has 2 heterocycles. The number of aryl methyl sites for hydroxylation is 1. The number of carbonyl (C=O) groups excluding carboxylic acids is 1. The Morgan fingerprint density at radius 2 is 2.12 bits per heavy atom. The standard InChI is InChI=1S/C17H14BrN3O3/c1-10-5-13(22)7-16(24)21(10)9-15(23)20-14-4-2-3-11-6-12(18)8-19-17(11)14/h2-8,22H,9H2,1H3,(H,20,23). The third-order valence-corrected chi connectivity index (χ3v) is 4.01. The summed E-state index contributed by atoms with van der Waals surface area (Å²) in [7, 11) is 0. The highest BCUT2D eigenvalue weighted by Crippen LogP contribution is 2.23. The Morgan fingerprint density at radius 3 is 2.88 bits per heavy atom. The Morgan fingerprint density at radius 1 is 1.33 bits per heavy atom. The molecule has 0 atom stereocenters. The van der Waals surface area contributed by atoms with E-state index in [0.717, 1.165) is 15.9 Å². The Kier molecular flexibility index (Phi) is 4.35. The topological polar surface area (TPSA) is 84.2 Å². The van der Waals surface area contributed by atoms with Crippen molar-refractivity contribution in [1.29, 1.82) is 0 Å². The van der Waals surface area contributed by atoms with Crippen LogP contribution in [-0.2, 0) is 11.3 Å². The van der Waals surface area contributed by atoms with Gasteiger partial charge in [-0.1, -0.05) is 12.1 Å². The van der Waals surface area contributed by atoms with E-state index in [1.807, 2.05) is 18.2 Å². The normalized spacial score (nSPS) is 10.8. The zero-order chi connectivity index (χ0) is 17.3. The number of hydrogen-bond donors (Lipinski definition) is 2. The molecule has 0 unspecified atom stereocenters. The number of fused-ring (bicyclic) bond motifs is 1. The molecule has 0 aliphatic carbocycles. The zero-order valence-corrected chi connectivity index (χ0v) is 14.4. The lowest BCUT2D eigenvalue weighted by molar-refractivity contribution is -0.116. The number of benzene rings is 1. The highest BCUT2D eigenvalue weighted by Gasteiger charge is 2.11. The number of para-hydroxylation sites is 1. The number of nitrogens with one attached hydrogen (secondary N) is 1. The summed E-state index contributed by atoms with van der Waals surface area (Å²) in [6, 6.07) is 9.91. The smallest absolute Gasteiger partial charge is 0.254 e. The first-order chi connectivity index (χ1) is 11.4. The Labute approximate surface area is 145 Å². The highest BCUT2D eigenvalue weighted by atomic mass is 79.9. The van der Waals surface area contributed by atoms with E-state index >= 15 is 0 Å². The maximum Gasteiger partial charge on any atom is 0.254 e. The molecular weight excluding hydrogens is 374 g/mol. The molecule has 0 fully saturated rings. The maximum atomic E-state index is 12.3. The average molecular weight is 388 g/mol. The van der Waals surface area contributed by atoms with E-state index in [-0.39, 0.29) is 18.2 Å². The number of nitrogens with zero attached hydrogens (tertiary/aromatic N) is 2. The van der Waals surface area contributed by atoms with Crippen molar-refractivity contribution in [2.24, 2.45) is 0 Å². The number of aromatic hydroxyl groups is 1. The maximum absolute atomic E-state index is 12.3. The van der Waals surface area contributed by atoms with Crippen LogP contribution in [0.4, 0.5) is 5.69 Å². The number of aromatic nitrogens is 2. The second kappa shape index (κ2) is 6.45. The van der Waals surface area contributed by atoms with Crippen molar-refractivity contribution in [1.82, 2.24) is 9.55 Å². The first kappa shape index (κ1) is 16.2. The number of pyridine rings is 2. The number of anilines is 1. The van der Waals surface area contributed by atoms with Crippen LogP contribution in [0, 0.1) is 6.92 Å². The van der Waals surface area contributed by atoms with E-state index in [0.29, 0.717) is 16.9 Å². The van der Waals surface area contributed by atoms with Crippen molar-refractivity contribution in [2.75, 3.05) is 5.32 Å². The summed E-state index contributed by atoms with van der Waals surface area (Å²) < 4.78 is 2.15. The molecular formula is C17H14BrN3O3. The zero-order valence-electron chi connectivity index (χ0n) is 12.8. The molecule has 0 saturated heterocycles. The second-order valence-electron chi connectivity index (χ2n) is 5.36. The molecule has 122 valence electrons. The molecule has 0 saturated carbocycles. The monoisotopic (exact) mass is 387 g/mol. The van der Waals surface area contributed by atoms with Crippen LogP contribution in [0.2, 0.25) is 0 Å². The van der Waals surface area contributed by atoms with E-state index in [1.165, 1.54) is 10.6 Å². The average Bonchev–Trinajstić information content (AvgIpc) is 2.50. The fourth-order valence-electron chi connectivity index (χ4n) is 2.48. The van der Waals surface area contributed by atoms with Crippen LogP contribution in [0.3, 0.4) is 0 Å². The highest BCUT2D eigenvalue weighted by molar-refractivity contribution is 9.10. The van der Waals surface area contributed by atoms with Crippen molar-refractivity contribution in [3.8, 4) is 5.75 Å². The van der Waals surface area contributed by atoms with Crippen LogP contribution in [0.25, 0.3) is 10.9 Å². The van der Waals surface area contributed by atoms with Gasteiger partial charge in [0.2, 0.25) is 5.91 Å². The van der Waals surface area contributed by atoms with Gasteiger partial charge in [-0.2, -0.15) is 0 Å². The molecule has 7 heteroatoms. The van der Waals surface area contributed by atoms with E-state index in [1.54, 1.807) is 19.2 Å². The van der Waals surface area contributed by atoms with Crippen molar-refractivity contribution >= 4 is 38.4 Å². The molecule has 6 nitrogen and oxygen atoms in total. The van der Waals surface area contributed by atoms with E-state index < -0.39 is 5.56 Å². The van der Waals surface area contributed by atoms with Crippen molar-refractivity contribution in [3.05, 3.63) is 63.1 Å². The second-order valence-corrected chi connectivity index (χ2v) is 6.27. The minimum atomic E-state index is -0.428. The van der Waals surface area contributed by atoms with Crippen LogP contribution < -0.4 is 10.9 Å². The molecule has 0 radical (unpaired) electrons. The summed E-state index contributed by atoms with van der Waals surface area (Å²) in [5.74, 6) is -0.457. The summed E-state index contributed by atoms with van der Waals surface area (Å²) in [6.07, 6.45) is 1.66.